The molecule has 2 unspecified atom stereocenters. The first-order valence-electron chi connectivity index (χ1n) is 8.25. The second kappa shape index (κ2) is 8.93. The van der Waals surface area contributed by atoms with Crippen LogP contribution in [0, 0.1) is 0 Å². The van der Waals surface area contributed by atoms with Crippen LogP contribution in [0.15, 0.2) is 0 Å². The molecule has 0 aliphatic carbocycles. The molecule has 0 saturated carbocycles. The van der Waals surface area contributed by atoms with Crippen LogP contribution in [-0.2, 0) is 4.74 Å². The van der Waals surface area contributed by atoms with Crippen LogP contribution < -0.4 is 5.32 Å². The van der Waals surface area contributed by atoms with Gasteiger partial charge in [0.1, 0.15) is 0 Å². The number of ether oxygens (including phenoxy) is 1. The summed E-state index contributed by atoms with van der Waals surface area (Å²) in [4.78, 5) is 2.65. The highest BCUT2D eigenvalue weighted by Crippen LogP contribution is 2.28. The molecule has 3 nitrogen and oxygen atoms in total. The Morgan fingerprint density at radius 2 is 1.84 bits per heavy atom. The Labute approximate surface area is 120 Å². The van der Waals surface area contributed by atoms with E-state index in [9.17, 15) is 0 Å². The van der Waals surface area contributed by atoms with Crippen molar-refractivity contribution in [2.24, 2.45) is 0 Å². The van der Waals surface area contributed by atoms with Crippen LogP contribution in [0.3, 0.4) is 0 Å². The zero-order chi connectivity index (χ0) is 14.1. The summed E-state index contributed by atoms with van der Waals surface area (Å²) in [7, 11) is 0. The smallest absolute Gasteiger partial charge is 0.0594 e. The molecule has 19 heavy (non-hydrogen) atoms. The molecule has 1 aliphatic rings. The molecular formula is C16H34N2O. The summed E-state index contributed by atoms with van der Waals surface area (Å²) in [5, 5.41) is 3.81. The maximum absolute atomic E-state index is 5.52. The highest BCUT2D eigenvalue weighted by atomic mass is 16.5. The minimum absolute atomic E-state index is 0.272. The Balaban J connectivity index is 2.71. The molecule has 0 aromatic heterocycles. The molecule has 0 spiro atoms. The molecule has 0 bridgehead atoms. The van der Waals surface area contributed by atoms with Crippen LogP contribution in [0.5, 0.6) is 0 Å². The summed E-state index contributed by atoms with van der Waals surface area (Å²) in [6, 6.07) is 0.607. The Kier molecular flexibility index (Phi) is 7.96. The van der Waals surface area contributed by atoms with E-state index >= 15 is 0 Å². The molecule has 1 rings (SSSR count). The van der Waals surface area contributed by atoms with E-state index in [0.717, 1.165) is 32.8 Å². The summed E-state index contributed by atoms with van der Waals surface area (Å²) < 4.78 is 5.52. The van der Waals surface area contributed by atoms with Crippen molar-refractivity contribution in [3.63, 3.8) is 0 Å². The summed E-state index contributed by atoms with van der Waals surface area (Å²) in [6.45, 7) is 14.4. The summed E-state index contributed by atoms with van der Waals surface area (Å²) in [6.07, 6.45) is 6.32. The SMILES string of the molecule is CCCCC(NCCC)C(C)(CC)N1CCOCC1. The molecule has 0 aromatic carbocycles. The third kappa shape index (κ3) is 4.73. The van der Waals surface area contributed by atoms with E-state index in [0.29, 0.717) is 6.04 Å². The quantitative estimate of drug-likeness (QED) is 0.697. The average Bonchev–Trinajstić information content (AvgIpc) is 2.47. The molecule has 1 aliphatic heterocycles. The maximum atomic E-state index is 5.52. The lowest BCUT2D eigenvalue weighted by atomic mass is 9.83. The van der Waals surface area contributed by atoms with Gasteiger partial charge in [0.2, 0.25) is 0 Å². The minimum Gasteiger partial charge on any atom is -0.379 e. The predicted octanol–water partition coefficient (Wildman–Crippen LogP) is 3.05. The van der Waals surface area contributed by atoms with Gasteiger partial charge in [-0.05, 0) is 32.7 Å². The van der Waals surface area contributed by atoms with Crippen LogP contribution in [0.4, 0.5) is 0 Å². The zero-order valence-corrected chi connectivity index (χ0v) is 13.5. The van der Waals surface area contributed by atoms with Gasteiger partial charge < -0.3 is 10.1 Å². The number of morpholine rings is 1. The lowest BCUT2D eigenvalue weighted by molar-refractivity contribution is -0.0336. The predicted molar refractivity (Wildman–Crippen MR) is 82.7 cm³/mol. The molecule has 114 valence electrons. The second-order valence-corrected chi connectivity index (χ2v) is 5.96. The molecule has 1 heterocycles. The number of hydrogen-bond donors (Lipinski definition) is 1. The highest BCUT2D eigenvalue weighted by molar-refractivity contribution is 4.97. The second-order valence-electron chi connectivity index (χ2n) is 5.96. The normalized spacial score (nSPS) is 22.1. The van der Waals surface area contributed by atoms with Gasteiger partial charge in [0.05, 0.1) is 13.2 Å². The largest absolute Gasteiger partial charge is 0.379 e. The van der Waals surface area contributed by atoms with Crippen LogP contribution in [0.2, 0.25) is 0 Å². The summed E-state index contributed by atoms with van der Waals surface area (Å²) >= 11 is 0. The van der Waals surface area contributed by atoms with Gasteiger partial charge in [0.15, 0.2) is 0 Å². The maximum Gasteiger partial charge on any atom is 0.0594 e. The Morgan fingerprint density at radius 1 is 1.16 bits per heavy atom. The first kappa shape index (κ1) is 16.9. The van der Waals surface area contributed by atoms with Gasteiger partial charge in [-0.2, -0.15) is 0 Å². The molecule has 0 aromatic rings. The summed E-state index contributed by atoms with van der Waals surface area (Å²) in [5.41, 5.74) is 0.272. The molecule has 1 N–H and O–H groups in total. The van der Waals surface area contributed by atoms with Gasteiger partial charge in [0.25, 0.3) is 0 Å². The molecular weight excluding hydrogens is 236 g/mol. The van der Waals surface area contributed by atoms with E-state index in [1.807, 2.05) is 0 Å². The highest BCUT2D eigenvalue weighted by Gasteiger charge is 2.38. The van der Waals surface area contributed by atoms with Gasteiger partial charge >= 0.3 is 0 Å². The van der Waals surface area contributed by atoms with E-state index in [4.69, 9.17) is 4.74 Å². The fraction of sp³-hybridized carbons (Fsp3) is 1.00. The van der Waals surface area contributed by atoms with Crippen molar-refractivity contribution in [3.8, 4) is 0 Å². The molecule has 2 atom stereocenters. The fourth-order valence-corrected chi connectivity index (χ4v) is 3.12. The molecule has 0 amide bonds. The fourth-order valence-electron chi connectivity index (χ4n) is 3.12. The lowest BCUT2D eigenvalue weighted by Gasteiger charge is -2.48. The minimum atomic E-state index is 0.272. The third-order valence-corrected chi connectivity index (χ3v) is 4.69. The van der Waals surface area contributed by atoms with Crippen molar-refractivity contribution in [1.29, 1.82) is 0 Å². The van der Waals surface area contributed by atoms with Crippen LogP contribution in [-0.4, -0.2) is 49.3 Å². The molecule has 0 radical (unpaired) electrons. The Hall–Kier alpha value is -0.120. The van der Waals surface area contributed by atoms with Crippen molar-refractivity contribution in [2.45, 2.75) is 71.4 Å². The topological polar surface area (TPSA) is 24.5 Å². The number of hydrogen-bond acceptors (Lipinski definition) is 3. The van der Waals surface area contributed by atoms with Crippen molar-refractivity contribution < 1.29 is 4.74 Å². The van der Waals surface area contributed by atoms with Crippen molar-refractivity contribution in [2.75, 3.05) is 32.8 Å². The van der Waals surface area contributed by atoms with Gasteiger partial charge in [-0.3, -0.25) is 4.90 Å². The van der Waals surface area contributed by atoms with E-state index < -0.39 is 0 Å². The number of nitrogens with one attached hydrogen (secondary N) is 1. The van der Waals surface area contributed by atoms with Gasteiger partial charge in [-0.25, -0.2) is 0 Å². The zero-order valence-electron chi connectivity index (χ0n) is 13.5. The number of unbranched alkanes of at least 4 members (excludes halogenated alkanes) is 1. The van der Waals surface area contributed by atoms with E-state index in [2.05, 4.69) is 37.9 Å². The van der Waals surface area contributed by atoms with Crippen LogP contribution >= 0.6 is 0 Å². The first-order chi connectivity index (χ1) is 9.19. The van der Waals surface area contributed by atoms with E-state index in [1.54, 1.807) is 0 Å². The third-order valence-electron chi connectivity index (χ3n) is 4.69. The number of nitrogens with zero attached hydrogens (tertiary/aromatic N) is 1. The van der Waals surface area contributed by atoms with Gasteiger partial charge in [-0.1, -0.05) is 33.6 Å². The monoisotopic (exact) mass is 270 g/mol. The average molecular weight is 270 g/mol. The standard InChI is InChI=1S/C16H34N2O/c1-5-8-9-15(17-10-6-2)16(4,7-3)18-11-13-19-14-12-18/h15,17H,5-14H2,1-4H3. The number of rotatable bonds is 9. The molecule has 3 heteroatoms. The van der Waals surface area contributed by atoms with E-state index in [-0.39, 0.29) is 5.54 Å². The Morgan fingerprint density at radius 3 is 2.37 bits per heavy atom. The van der Waals surface area contributed by atoms with E-state index in [1.165, 1.54) is 32.1 Å². The summed E-state index contributed by atoms with van der Waals surface area (Å²) in [5.74, 6) is 0. The van der Waals surface area contributed by atoms with Crippen molar-refractivity contribution in [1.82, 2.24) is 10.2 Å². The molecule has 1 saturated heterocycles. The van der Waals surface area contributed by atoms with Crippen molar-refractivity contribution in [3.05, 3.63) is 0 Å². The van der Waals surface area contributed by atoms with Gasteiger partial charge in [-0.15, -0.1) is 0 Å². The van der Waals surface area contributed by atoms with Crippen molar-refractivity contribution >= 4 is 0 Å². The first-order valence-corrected chi connectivity index (χ1v) is 8.25. The lowest BCUT2D eigenvalue weighted by Crippen LogP contribution is -2.61. The Bertz CT molecular complexity index is 221. The van der Waals surface area contributed by atoms with Crippen LogP contribution in [0.1, 0.15) is 59.8 Å². The molecule has 1 fully saturated rings. The van der Waals surface area contributed by atoms with Gasteiger partial charge in [0, 0.05) is 24.7 Å². The van der Waals surface area contributed by atoms with Crippen LogP contribution in [0.25, 0.3) is 0 Å².